The maximum atomic E-state index is 12.4. The second-order valence-electron chi connectivity index (χ2n) is 6.06. The van der Waals surface area contributed by atoms with E-state index < -0.39 is 0 Å². The molecule has 2 aromatic rings. The van der Waals surface area contributed by atoms with Gasteiger partial charge in [0.25, 0.3) is 0 Å². The van der Waals surface area contributed by atoms with Gasteiger partial charge in [-0.25, -0.2) is 0 Å². The summed E-state index contributed by atoms with van der Waals surface area (Å²) in [6.45, 7) is 5.67. The van der Waals surface area contributed by atoms with Gasteiger partial charge in [0.1, 0.15) is 0 Å². The molecule has 1 aromatic heterocycles. The van der Waals surface area contributed by atoms with E-state index in [1.807, 2.05) is 36.9 Å². The first kappa shape index (κ1) is 15.7. The molecule has 0 radical (unpaired) electrons. The molecule has 1 aliphatic rings. The Hall–Kier alpha value is -2.21. The van der Waals surface area contributed by atoms with Crippen molar-refractivity contribution >= 4 is 16.8 Å². The van der Waals surface area contributed by atoms with Gasteiger partial charge in [-0.3, -0.25) is 14.3 Å². The highest BCUT2D eigenvalue weighted by molar-refractivity contribution is 5.79. The summed E-state index contributed by atoms with van der Waals surface area (Å²) in [7, 11) is 0. The summed E-state index contributed by atoms with van der Waals surface area (Å²) in [6.07, 6.45) is 1.80. The molecule has 2 heterocycles. The molecule has 6 nitrogen and oxygen atoms in total. The molecule has 1 fully saturated rings. The second kappa shape index (κ2) is 6.50. The Morgan fingerprint density at radius 3 is 2.70 bits per heavy atom. The van der Waals surface area contributed by atoms with Crippen molar-refractivity contribution < 1.29 is 9.53 Å². The van der Waals surface area contributed by atoms with Gasteiger partial charge in [0.15, 0.2) is 0 Å². The number of hydrogen-bond acceptors (Lipinski definition) is 4. The molecule has 1 aliphatic heterocycles. The standard InChI is InChI=1S/C17H21N3O3/c1-12-10-19(11-13(2)23-12)17(22)7-8-20-15-6-4-3-5-14(15)16(21)9-18-20/h3-6,9,12-13H,7-8,10-11H2,1-2H3. The SMILES string of the molecule is CC1CN(C(=O)CCn2ncc(=O)c3ccccc32)CC(C)O1. The van der Waals surface area contributed by atoms with Gasteiger partial charge in [0.05, 0.1) is 30.5 Å². The van der Waals surface area contributed by atoms with E-state index in [-0.39, 0.29) is 23.5 Å². The van der Waals surface area contributed by atoms with Crippen LogP contribution in [0.1, 0.15) is 20.3 Å². The number of hydrogen-bond donors (Lipinski definition) is 0. The number of morpholine rings is 1. The zero-order valence-corrected chi connectivity index (χ0v) is 13.4. The Morgan fingerprint density at radius 1 is 1.26 bits per heavy atom. The summed E-state index contributed by atoms with van der Waals surface area (Å²) in [5, 5.41) is 4.79. The molecule has 1 saturated heterocycles. The topological polar surface area (TPSA) is 64.4 Å². The predicted molar refractivity (Wildman–Crippen MR) is 87.2 cm³/mol. The third-order valence-electron chi connectivity index (χ3n) is 4.07. The number of amides is 1. The molecule has 0 bridgehead atoms. The van der Waals surface area contributed by atoms with Crippen LogP contribution in [0.15, 0.2) is 35.3 Å². The van der Waals surface area contributed by atoms with E-state index in [9.17, 15) is 9.59 Å². The zero-order valence-electron chi connectivity index (χ0n) is 13.4. The first-order valence-electron chi connectivity index (χ1n) is 7.92. The van der Waals surface area contributed by atoms with Crippen molar-refractivity contribution in [2.45, 2.75) is 39.0 Å². The summed E-state index contributed by atoms with van der Waals surface area (Å²) >= 11 is 0. The maximum Gasteiger partial charge on any atom is 0.224 e. The summed E-state index contributed by atoms with van der Waals surface area (Å²) in [5.74, 6) is 0.0941. The highest BCUT2D eigenvalue weighted by Gasteiger charge is 2.25. The monoisotopic (exact) mass is 315 g/mol. The highest BCUT2D eigenvalue weighted by atomic mass is 16.5. The third-order valence-corrected chi connectivity index (χ3v) is 4.07. The van der Waals surface area contributed by atoms with Crippen LogP contribution in [0, 0.1) is 0 Å². The van der Waals surface area contributed by atoms with Crippen molar-refractivity contribution in [2.24, 2.45) is 0 Å². The number of rotatable bonds is 3. The van der Waals surface area contributed by atoms with Crippen molar-refractivity contribution in [1.29, 1.82) is 0 Å². The van der Waals surface area contributed by atoms with E-state index in [2.05, 4.69) is 5.10 Å². The fraction of sp³-hybridized carbons (Fsp3) is 0.471. The predicted octanol–water partition coefficient (Wildman–Crippen LogP) is 1.42. The third kappa shape index (κ3) is 3.42. The molecule has 122 valence electrons. The molecule has 2 unspecified atom stereocenters. The Bertz CT molecular complexity index is 761. The van der Waals surface area contributed by atoms with E-state index in [4.69, 9.17) is 4.74 Å². The molecule has 0 spiro atoms. The van der Waals surface area contributed by atoms with Crippen LogP contribution in [0.5, 0.6) is 0 Å². The highest BCUT2D eigenvalue weighted by Crippen LogP contribution is 2.13. The number of aryl methyl sites for hydroxylation is 1. The Labute approximate surface area is 134 Å². The van der Waals surface area contributed by atoms with Gasteiger partial charge in [-0.2, -0.15) is 5.10 Å². The Balaban J connectivity index is 1.72. The van der Waals surface area contributed by atoms with Crippen molar-refractivity contribution in [2.75, 3.05) is 13.1 Å². The summed E-state index contributed by atoms with van der Waals surface area (Å²) in [6, 6.07) is 7.33. The van der Waals surface area contributed by atoms with Crippen LogP contribution in [-0.4, -0.2) is 45.9 Å². The minimum Gasteiger partial charge on any atom is -0.372 e. The fourth-order valence-corrected chi connectivity index (χ4v) is 3.08. The maximum absolute atomic E-state index is 12.4. The minimum atomic E-state index is -0.0981. The molecule has 0 aliphatic carbocycles. The number of nitrogens with zero attached hydrogens (tertiary/aromatic N) is 3. The second-order valence-corrected chi connectivity index (χ2v) is 6.06. The molecule has 6 heteroatoms. The van der Waals surface area contributed by atoms with Gasteiger partial charge in [-0.15, -0.1) is 0 Å². The normalized spacial score (nSPS) is 21.6. The van der Waals surface area contributed by atoms with Gasteiger partial charge in [-0.1, -0.05) is 12.1 Å². The van der Waals surface area contributed by atoms with Gasteiger partial charge < -0.3 is 9.64 Å². The number of fused-ring (bicyclic) bond motifs is 1. The average Bonchev–Trinajstić information content (AvgIpc) is 2.53. The molecule has 2 atom stereocenters. The molecular weight excluding hydrogens is 294 g/mol. The zero-order chi connectivity index (χ0) is 16.4. The smallest absolute Gasteiger partial charge is 0.224 e. The van der Waals surface area contributed by atoms with E-state index >= 15 is 0 Å². The lowest BCUT2D eigenvalue weighted by molar-refractivity contribution is -0.143. The van der Waals surface area contributed by atoms with Gasteiger partial charge in [-0.05, 0) is 26.0 Å². The molecule has 0 N–H and O–H groups in total. The quantitative estimate of drug-likeness (QED) is 0.859. The summed E-state index contributed by atoms with van der Waals surface area (Å²) < 4.78 is 7.38. The van der Waals surface area contributed by atoms with Crippen molar-refractivity contribution in [3.8, 4) is 0 Å². The van der Waals surface area contributed by atoms with Gasteiger partial charge >= 0.3 is 0 Å². The first-order chi connectivity index (χ1) is 11.0. The lowest BCUT2D eigenvalue weighted by atomic mass is 10.2. The van der Waals surface area contributed by atoms with E-state index in [1.54, 1.807) is 10.7 Å². The first-order valence-corrected chi connectivity index (χ1v) is 7.92. The molecule has 1 amide bonds. The van der Waals surface area contributed by atoms with Crippen molar-refractivity contribution in [1.82, 2.24) is 14.7 Å². The van der Waals surface area contributed by atoms with Crippen molar-refractivity contribution in [3.63, 3.8) is 0 Å². The molecule has 3 rings (SSSR count). The van der Waals surface area contributed by atoms with Crippen LogP contribution in [0.2, 0.25) is 0 Å². The van der Waals surface area contributed by atoms with Crippen molar-refractivity contribution in [3.05, 3.63) is 40.7 Å². The minimum absolute atomic E-state index is 0.0639. The van der Waals surface area contributed by atoms with Crippen LogP contribution in [0.25, 0.3) is 10.9 Å². The fourth-order valence-electron chi connectivity index (χ4n) is 3.08. The lowest BCUT2D eigenvalue weighted by Gasteiger charge is -2.35. The summed E-state index contributed by atoms with van der Waals surface area (Å²) in [5.41, 5.74) is 0.663. The number of carbonyl (C=O) groups is 1. The average molecular weight is 315 g/mol. The molecular formula is C17H21N3O3. The number of carbonyl (C=O) groups excluding carboxylic acids is 1. The molecule has 0 saturated carbocycles. The number of benzene rings is 1. The van der Waals surface area contributed by atoms with E-state index in [0.29, 0.717) is 31.4 Å². The molecule has 1 aromatic carbocycles. The number of aromatic nitrogens is 2. The van der Waals surface area contributed by atoms with Crippen LogP contribution in [-0.2, 0) is 16.1 Å². The van der Waals surface area contributed by atoms with Gasteiger partial charge in [0, 0.05) is 24.9 Å². The number of ether oxygens (including phenoxy) is 1. The number of para-hydroxylation sites is 1. The Morgan fingerprint density at radius 2 is 1.96 bits per heavy atom. The van der Waals surface area contributed by atoms with E-state index in [0.717, 1.165) is 5.52 Å². The van der Waals surface area contributed by atoms with E-state index in [1.165, 1.54) is 6.20 Å². The van der Waals surface area contributed by atoms with Crippen LogP contribution in [0.3, 0.4) is 0 Å². The molecule has 23 heavy (non-hydrogen) atoms. The van der Waals surface area contributed by atoms with Crippen LogP contribution < -0.4 is 5.43 Å². The largest absolute Gasteiger partial charge is 0.372 e. The Kier molecular flexibility index (Phi) is 4.43. The van der Waals surface area contributed by atoms with Crippen LogP contribution in [0.4, 0.5) is 0 Å². The van der Waals surface area contributed by atoms with Gasteiger partial charge in [0.2, 0.25) is 11.3 Å². The lowest BCUT2D eigenvalue weighted by Crippen LogP contribution is -2.48. The van der Waals surface area contributed by atoms with Crippen LogP contribution >= 0.6 is 0 Å². The summed E-state index contributed by atoms with van der Waals surface area (Å²) in [4.78, 5) is 26.1.